The van der Waals surface area contributed by atoms with Gasteiger partial charge in [-0.3, -0.25) is 0 Å². The lowest BCUT2D eigenvalue weighted by atomic mass is 9.83. The van der Waals surface area contributed by atoms with E-state index in [4.69, 9.17) is 4.74 Å². The molecule has 2 nitrogen and oxygen atoms in total. The zero-order chi connectivity index (χ0) is 17.1. The third-order valence-corrected chi connectivity index (χ3v) is 4.25. The molecule has 0 atom stereocenters. The monoisotopic (exact) mass is 359 g/mol. The maximum atomic E-state index is 6.38. The van der Waals surface area contributed by atoms with Crippen molar-refractivity contribution in [2.45, 2.75) is 32.3 Å². The van der Waals surface area contributed by atoms with Gasteiger partial charge in [0.1, 0.15) is 5.60 Å². The number of rotatable bonds is 10. The van der Waals surface area contributed by atoms with Crippen LogP contribution in [0.15, 0.2) is 72.8 Å². The zero-order valence-corrected chi connectivity index (χ0v) is 16.1. The number of hydrogen-bond acceptors (Lipinski definition) is 2. The van der Waals surface area contributed by atoms with E-state index >= 15 is 0 Å². The second kappa shape index (κ2) is 11.9. The second-order valence-corrected chi connectivity index (χ2v) is 5.85. The first-order chi connectivity index (χ1) is 11.8. The third kappa shape index (κ3) is 6.00. The first-order valence-corrected chi connectivity index (χ1v) is 8.90. The maximum absolute atomic E-state index is 6.38. The summed E-state index contributed by atoms with van der Waals surface area (Å²) >= 11 is 0. The lowest BCUT2D eigenvalue weighted by molar-refractivity contribution is -0.0172. The molecule has 3 heteroatoms. The molecule has 25 heavy (non-hydrogen) atoms. The average molecular weight is 360 g/mol. The van der Waals surface area contributed by atoms with Crippen molar-refractivity contribution in [1.29, 1.82) is 0 Å². The van der Waals surface area contributed by atoms with Crippen LogP contribution in [0.1, 0.15) is 37.8 Å². The molecule has 0 unspecified atom stereocenters. The number of halogens is 1. The molecule has 0 saturated heterocycles. The van der Waals surface area contributed by atoms with Gasteiger partial charge in [-0.1, -0.05) is 72.8 Å². The Labute approximate surface area is 158 Å². The van der Waals surface area contributed by atoms with E-state index in [9.17, 15) is 0 Å². The number of allylic oxidation sites excluding steroid dienone is 1. The maximum Gasteiger partial charge on any atom is 0.119 e. The van der Waals surface area contributed by atoms with E-state index in [1.54, 1.807) is 0 Å². The van der Waals surface area contributed by atoms with E-state index < -0.39 is 5.60 Å². The van der Waals surface area contributed by atoms with Gasteiger partial charge in [0.25, 0.3) is 0 Å². The van der Waals surface area contributed by atoms with Crippen LogP contribution in [0, 0.1) is 0 Å². The molecule has 0 spiro atoms. The van der Waals surface area contributed by atoms with Crippen molar-refractivity contribution in [2.24, 2.45) is 0 Å². The van der Waals surface area contributed by atoms with Crippen molar-refractivity contribution in [3.63, 3.8) is 0 Å². The SMILES string of the molecule is C/C=C/CCNCCC(OCC)(c1ccccc1)c1ccccc1.Cl. The summed E-state index contributed by atoms with van der Waals surface area (Å²) in [5.41, 5.74) is 2.03. The highest BCUT2D eigenvalue weighted by Gasteiger charge is 2.34. The predicted molar refractivity (Wildman–Crippen MR) is 109 cm³/mol. The smallest absolute Gasteiger partial charge is 0.119 e. The van der Waals surface area contributed by atoms with Gasteiger partial charge < -0.3 is 10.1 Å². The number of ether oxygens (including phenoxy) is 1. The summed E-state index contributed by atoms with van der Waals surface area (Å²) in [4.78, 5) is 0. The van der Waals surface area contributed by atoms with Crippen LogP contribution >= 0.6 is 12.4 Å². The molecule has 2 aromatic carbocycles. The van der Waals surface area contributed by atoms with E-state index in [0.717, 1.165) is 25.9 Å². The molecule has 0 amide bonds. The van der Waals surface area contributed by atoms with Gasteiger partial charge in [-0.05, 0) is 50.9 Å². The fraction of sp³-hybridized carbons (Fsp3) is 0.364. The Bertz CT molecular complexity index is 558. The van der Waals surface area contributed by atoms with Crippen LogP contribution in [0.3, 0.4) is 0 Å². The lowest BCUT2D eigenvalue weighted by Crippen LogP contribution is -2.35. The Morgan fingerprint density at radius 2 is 1.48 bits per heavy atom. The normalized spacial score (nSPS) is 11.4. The topological polar surface area (TPSA) is 21.3 Å². The minimum Gasteiger partial charge on any atom is -0.366 e. The molecule has 136 valence electrons. The standard InChI is InChI=1S/C22H29NO.ClH/c1-3-5-12-18-23-19-17-22(24-4-2,20-13-8-6-9-14-20)21-15-10-7-11-16-21;/h3,5-11,13-16,23H,4,12,17-19H2,1-2H3;1H/b5-3+;. The molecular formula is C22H30ClNO. The van der Waals surface area contributed by atoms with Gasteiger partial charge in [0.05, 0.1) is 0 Å². The van der Waals surface area contributed by atoms with Gasteiger partial charge in [0, 0.05) is 6.61 Å². The summed E-state index contributed by atoms with van der Waals surface area (Å²) < 4.78 is 6.38. The molecule has 2 rings (SSSR count). The fourth-order valence-corrected chi connectivity index (χ4v) is 3.10. The molecule has 0 bridgehead atoms. The Morgan fingerprint density at radius 3 is 1.96 bits per heavy atom. The largest absolute Gasteiger partial charge is 0.366 e. The summed E-state index contributed by atoms with van der Waals surface area (Å²) in [6.07, 6.45) is 6.26. The Kier molecular flexibility index (Phi) is 10.2. The average Bonchev–Trinajstić information content (AvgIpc) is 2.65. The lowest BCUT2D eigenvalue weighted by Gasteiger charge is -2.35. The van der Waals surface area contributed by atoms with Crippen molar-refractivity contribution in [3.05, 3.63) is 83.9 Å². The van der Waals surface area contributed by atoms with Gasteiger partial charge in [-0.15, -0.1) is 12.4 Å². The quantitative estimate of drug-likeness (QED) is 0.457. The molecule has 0 saturated carbocycles. The summed E-state index contributed by atoms with van der Waals surface area (Å²) in [5, 5.41) is 3.54. The van der Waals surface area contributed by atoms with Crippen LogP contribution in [-0.2, 0) is 10.3 Å². The fourth-order valence-electron chi connectivity index (χ4n) is 3.10. The minimum absolute atomic E-state index is 0. The zero-order valence-electron chi connectivity index (χ0n) is 15.3. The van der Waals surface area contributed by atoms with Gasteiger partial charge in [-0.25, -0.2) is 0 Å². The molecule has 0 aliphatic heterocycles. The highest BCUT2D eigenvalue weighted by atomic mass is 35.5. The first-order valence-electron chi connectivity index (χ1n) is 8.90. The second-order valence-electron chi connectivity index (χ2n) is 5.85. The van der Waals surface area contributed by atoms with Crippen molar-refractivity contribution < 1.29 is 4.74 Å². The highest BCUT2D eigenvalue weighted by Crippen LogP contribution is 2.36. The van der Waals surface area contributed by atoms with Crippen molar-refractivity contribution in [1.82, 2.24) is 5.32 Å². The summed E-state index contributed by atoms with van der Waals surface area (Å²) in [5.74, 6) is 0. The molecule has 0 radical (unpaired) electrons. The van der Waals surface area contributed by atoms with Crippen molar-refractivity contribution >= 4 is 12.4 Å². The molecule has 0 aromatic heterocycles. The van der Waals surface area contributed by atoms with E-state index in [1.165, 1.54) is 11.1 Å². The van der Waals surface area contributed by atoms with Crippen molar-refractivity contribution in [2.75, 3.05) is 19.7 Å². The molecule has 2 aromatic rings. The number of hydrogen-bond donors (Lipinski definition) is 1. The molecule has 1 N–H and O–H groups in total. The summed E-state index contributed by atoms with van der Waals surface area (Å²) in [6.45, 7) is 6.73. The van der Waals surface area contributed by atoms with E-state index in [-0.39, 0.29) is 12.4 Å². The van der Waals surface area contributed by atoms with E-state index in [0.29, 0.717) is 6.61 Å². The van der Waals surface area contributed by atoms with Crippen LogP contribution in [0.25, 0.3) is 0 Å². The van der Waals surface area contributed by atoms with Crippen LogP contribution in [0.2, 0.25) is 0 Å². The minimum atomic E-state index is -0.398. The molecule has 0 fully saturated rings. The Balaban J connectivity index is 0.00000312. The molecule has 0 aliphatic carbocycles. The van der Waals surface area contributed by atoms with Gasteiger partial charge in [0.15, 0.2) is 0 Å². The molecular weight excluding hydrogens is 330 g/mol. The van der Waals surface area contributed by atoms with Crippen LogP contribution in [-0.4, -0.2) is 19.7 Å². The van der Waals surface area contributed by atoms with Gasteiger partial charge in [0.2, 0.25) is 0 Å². The molecule has 0 aliphatic rings. The summed E-state index contributed by atoms with van der Waals surface area (Å²) in [7, 11) is 0. The molecule has 0 heterocycles. The van der Waals surface area contributed by atoms with Crippen LogP contribution in [0.5, 0.6) is 0 Å². The third-order valence-electron chi connectivity index (χ3n) is 4.25. The summed E-state index contributed by atoms with van der Waals surface area (Å²) in [6, 6.07) is 21.1. The van der Waals surface area contributed by atoms with Crippen LogP contribution in [0.4, 0.5) is 0 Å². The number of benzene rings is 2. The Morgan fingerprint density at radius 1 is 0.920 bits per heavy atom. The van der Waals surface area contributed by atoms with Crippen LogP contribution < -0.4 is 5.32 Å². The van der Waals surface area contributed by atoms with Gasteiger partial charge in [-0.2, -0.15) is 0 Å². The van der Waals surface area contributed by atoms with E-state index in [2.05, 4.69) is 92.0 Å². The van der Waals surface area contributed by atoms with Gasteiger partial charge >= 0.3 is 0 Å². The highest BCUT2D eigenvalue weighted by molar-refractivity contribution is 5.85. The number of nitrogens with one attached hydrogen (secondary N) is 1. The van der Waals surface area contributed by atoms with Crippen molar-refractivity contribution in [3.8, 4) is 0 Å². The first kappa shape index (κ1) is 21.4. The Hall–Kier alpha value is -1.61. The predicted octanol–water partition coefficient (Wildman–Crippen LogP) is 5.33. The van der Waals surface area contributed by atoms with E-state index in [1.807, 2.05) is 0 Å².